The van der Waals surface area contributed by atoms with E-state index in [1.165, 1.54) is 0 Å². The number of hydrogen-bond acceptors (Lipinski definition) is 2. The summed E-state index contributed by atoms with van der Waals surface area (Å²) in [6, 6.07) is 0. The Labute approximate surface area is 95.6 Å². The Bertz CT molecular complexity index is 284. The van der Waals surface area contributed by atoms with Gasteiger partial charge in [-0.15, -0.1) is 0 Å². The maximum atomic E-state index is 12.1. The first-order valence-electron chi connectivity index (χ1n) is 6.20. The van der Waals surface area contributed by atoms with Crippen LogP contribution in [0.5, 0.6) is 0 Å². The number of nitrogens with zero attached hydrogens (tertiary/aromatic N) is 1. The minimum absolute atomic E-state index is 0.174. The van der Waals surface area contributed by atoms with Crippen LogP contribution in [0.15, 0.2) is 0 Å². The zero-order valence-corrected chi connectivity index (χ0v) is 9.52. The molecule has 4 nitrogen and oxygen atoms in total. The number of piperidine rings is 1. The van der Waals surface area contributed by atoms with Crippen LogP contribution in [0.1, 0.15) is 38.5 Å². The molecular formula is C12H19NO3. The van der Waals surface area contributed by atoms with Gasteiger partial charge in [0.05, 0.1) is 5.92 Å². The minimum atomic E-state index is -0.760. The van der Waals surface area contributed by atoms with Gasteiger partial charge in [0.25, 0.3) is 0 Å². The Morgan fingerprint density at radius 2 is 1.62 bits per heavy atom. The zero-order valence-electron chi connectivity index (χ0n) is 9.52. The van der Waals surface area contributed by atoms with Gasteiger partial charge in [0, 0.05) is 19.0 Å². The van der Waals surface area contributed by atoms with Crippen molar-refractivity contribution in [3.05, 3.63) is 0 Å². The summed E-state index contributed by atoms with van der Waals surface area (Å²) in [6.07, 6.45) is 5.82. The van der Waals surface area contributed by atoms with Gasteiger partial charge in [-0.1, -0.05) is 12.8 Å². The Kier molecular flexibility index (Phi) is 3.46. The van der Waals surface area contributed by atoms with E-state index in [1.54, 1.807) is 4.90 Å². The summed E-state index contributed by atoms with van der Waals surface area (Å²) in [6.45, 7) is 1.17. The lowest BCUT2D eigenvalue weighted by Gasteiger charge is -2.32. The molecule has 0 bridgehead atoms. The Balaban J connectivity index is 1.93. The van der Waals surface area contributed by atoms with Crippen LogP contribution in [0.4, 0.5) is 0 Å². The normalized spacial score (nSPS) is 27.0. The Morgan fingerprint density at radius 1 is 1.00 bits per heavy atom. The minimum Gasteiger partial charge on any atom is -0.481 e. The fourth-order valence-electron chi connectivity index (χ4n) is 2.81. The van der Waals surface area contributed by atoms with Crippen molar-refractivity contribution in [2.45, 2.75) is 38.5 Å². The summed E-state index contributed by atoms with van der Waals surface area (Å²) in [7, 11) is 0. The highest BCUT2D eigenvalue weighted by molar-refractivity contribution is 5.80. The molecule has 90 valence electrons. The smallest absolute Gasteiger partial charge is 0.308 e. The summed E-state index contributed by atoms with van der Waals surface area (Å²) < 4.78 is 0. The van der Waals surface area contributed by atoms with Crippen molar-refractivity contribution in [2.75, 3.05) is 13.1 Å². The quantitative estimate of drug-likeness (QED) is 0.774. The monoisotopic (exact) mass is 225 g/mol. The highest BCUT2D eigenvalue weighted by Gasteiger charge is 2.32. The topological polar surface area (TPSA) is 57.6 Å². The molecule has 0 aromatic heterocycles. The molecule has 0 aromatic rings. The molecule has 2 fully saturated rings. The number of carbonyl (C=O) groups is 2. The second-order valence-electron chi connectivity index (χ2n) is 4.94. The van der Waals surface area contributed by atoms with Crippen LogP contribution < -0.4 is 0 Å². The van der Waals surface area contributed by atoms with Crippen molar-refractivity contribution in [3.63, 3.8) is 0 Å². The molecule has 1 atom stereocenters. The molecule has 1 heterocycles. The van der Waals surface area contributed by atoms with Gasteiger partial charge in [-0.25, -0.2) is 0 Å². The van der Waals surface area contributed by atoms with Gasteiger partial charge in [-0.3, -0.25) is 9.59 Å². The molecule has 2 rings (SSSR count). The number of carboxylic acids is 1. The van der Waals surface area contributed by atoms with Crippen LogP contribution >= 0.6 is 0 Å². The highest BCUT2D eigenvalue weighted by atomic mass is 16.4. The van der Waals surface area contributed by atoms with Crippen LogP contribution in [0.3, 0.4) is 0 Å². The molecule has 0 unspecified atom stereocenters. The summed E-state index contributed by atoms with van der Waals surface area (Å²) in [5.41, 5.74) is 0. The van der Waals surface area contributed by atoms with Crippen molar-refractivity contribution < 1.29 is 14.7 Å². The van der Waals surface area contributed by atoms with Gasteiger partial charge < -0.3 is 10.0 Å². The van der Waals surface area contributed by atoms with Crippen LogP contribution in [0.2, 0.25) is 0 Å². The SMILES string of the molecule is O=C(O)[C@H]1CCCN(C(=O)C2CCCC2)C1. The molecule has 16 heavy (non-hydrogen) atoms. The first-order chi connectivity index (χ1) is 7.68. The second-order valence-corrected chi connectivity index (χ2v) is 4.94. The van der Waals surface area contributed by atoms with Gasteiger partial charge in [-0.2, -0.15) is 0 Å². The van der Waals surface area contributed by atoms with Gasteiger partial charge >= 0.3 is 5.97 Å². The van der Waals surface area contributed by atoms with E-state index in [-0.39, 0.29) is 17.7 Å². The summed E-state index contributed by atoms with van der Waals surface area (Å²) in [5.74, 6) is -0.737. The fraction of sp³-hybridized carbons (Fsp3) is 0.833. The van der Waals surface area contributed by atoms with E-state index in [0.717, 1.165) is 38.6 Å². The average Bonchev–Trinajstić information content (AvgIpc) is 2.81. The maximum Gasteiger partial charge on any atom is 0.308 e. The molecule has 1 N–H and O–H groups in total. The van der Waals surface area contributed by atoms with E-state index in [0.29, 0.717) is 13.0 Å². The molecule has 1 saturated heterocycles. The first-order valence-corrected chi connectivity index (χ1v) is 6.20. The number of likely N-dealkylation sites (tertiary alicyclic amines) is 1. The fourth-order valence-corrected chi connectivity index (χ4v) is 2.81. The predicted octanol–water partition coefficient (Wildman–Crippen LogP) is 1.50. The van der Waals surface area contributed by atoms with Crippen molar-refractivity contribution in [2.24, 2.45) is 11.8 Å². The lowest BCUT2D eigenvalue weighted by Crippen LogP contribution is -2.44. The number of carboxylic acid groups (broad SMARTS) is 1. The standard InChI is InChI=1S/C12H19NO3/c14-11(9-4-1-2-5-9)13-7-3-6-10(8-13)12(15)16/h9-10H,1-8H2,(H,15,16)/t10-/m0/s1. The summed E-state index contributed by atoms with van der Waals surface area (Å²) in [4.78, 5) is 24.8. The molecule has 1 amide bonds. The number of hydrogen-bond donors (Lipinski definition) is 1. The molecule has 1 aliphatic heterocycles. The number of rotatable bonds is 2. The van der Waals surface area contributed by atoms with E-state index in [9.17, 15) is 9.59 Å². The maximum absolute atomic E-state index is 12.1. The van der Waals surface area contributed by atoms with Crippen molar-refractivity contribution in [1.29, 1.82) is 0 Å². The third kappa shape index (κ3) is 2.36. The van der Waals surface area contributed by atoms with Crippen molar-refractivity contribution in [3.8, 4) is 0 Å². The van der Waals surface area contributed by atoms with E-state index in [1.807, 2.05) is 0 Å². The molecule has 2 aliphatic rings. The molecule has 0 aromatic carbocycles. The van der Waals surface area contributed by atoms with E-state index in [4.69, 9.17) is 5.11 Å². The van der Waals surface area contributed by atoms with Crippen molar-refractivity contribution in [1.82, 2.24) is 4.90 Å². The summed E-state index contributed by atoms with van der Waals surface area (Å²) >= 11 is 0. The third-order valence-electron chi connectivity index (χ3n) is 3.79. The lowest BCUT2D eigenvalue weighted by molar-refractivity contribution is -0.146. The first kappa shape index (κ1) is 11.4. The number of carbonyl (C=O) groups excluding carboxylic acids is 1. The van der Waals surface area contributed by atoms with Gasteiger partial charge in [0.2, 0.25) is 5.91 Å². The van der Waals surface area contributed by atoms with Crippen molar-refractivity contribution >= 4 is 11.9 Å². The van der Waals surface area contributed by atoms with Gasteiger partial charge in [0.15, 0.2) is 0 Å². The third-order valence-corrected chi connectivity index (χ3v) is 3.79. The Morgan fingerprint density at radius 3 is 2.25 bits per heavy atom. The average molecular weight is 225 g/mol. The Hall–Kier alpha value is -1.06. The molecule has 0 radical (unpaired) electrons. The van der Waals surface area contributed by atoms with E-state index >= 15 is 0 Å². The van der Waals surface area contributed by atoms with Crippen LogP contribution in [0.25, 0.3) is 0 Å². The van der Waals surface area contributed by atoms with Crippen LogP contribution in [-0.4, -0.2) is 35.0 Å². The predicted molar refractivity (Wildman–Crippen MR) is 58.9 cm³/mol. The van der Waals surface area contributed by atoms with E-state index in [2.05, 4.69) is 0 Å². The van der Waals surface area contributed by atoms with Crippen LogP contribution in [-0.2, 0) is 9.59 Å². The molecule has 4 heteroatoms. The van der Waals surface area contributed by atoms with E-state index < -0.39 is 5.97 Å². The highest BCUT2D eigenvalue weighted by Crippen LogP contribution is 2.28. The summed E-state index contributed by atoms with van der Waals surface area (Å²) in [5, 5.41) is 8.97. The molecule has 1 aliphatic carbocycles. The molecule has 0 spiro atoms. The van der Waals surface area contributed by atoms with Crippen LogP contribution in [0, 0.1) is 11.8 Å². The van der Waals surface area contributed by atoms with Gasteiger partial charge in [-0.05, 0) is 25.7 Å². The molecular weight excluding hydrogens is 206 g/mol. The zero-order chi connectivity index (χ0) is 11.5. The number of amides is 1. The second kappa shape index (κ2) is 4.85. The van der Waals surface area contributed by atoms with Gasteiger partial charge in [0.1, 0.15) is 0 Å². The molecule has 1 saturated carbocycles. The largest absolute Gasteiger partial charge is 0.481 e. The number of aliphatic carboxylic acids is 1. The lowest BCUT2D eigenvalue weighted by atomic mass is 9.96.